The van der Waals surface area contributed by atoms with Crippen LogP contribution < -0.4 is 0 Å². The Kier molecular flexibility index (Phi) is 12.2. The molecule has 2 atom stereocenters. The van der Waals surface area contributed by atoms with Crippen LogP contribution in [-0.2, 0) is 4.79 Å². The van der Waals surface area contributed by atoms with Crippen molar-refractivity contribution in [3.05, 3.63) is 0 Å². The van der Waals surface area contributed by atoms with E-state index in [-0.39, 0.29) is 0 Å². The van der Waals surface area contributed by atoms with Crippen molar-refractivity contribution >= 4 is 18.6 Å². The number of aliphatic carboxylic acids is 1. The Morgan fingerprint density at radius 2 is 1.36 bits per heavy atom. The molecule has 1 N–H and O–H groups in total. The van der Waals surface area contributed by atoms with E-state index in [1.165, 1.54) is 25.7 Å². The van der Waals surface area contributed by atoms with Gasteiger partial charge in [0.1, 0.15) is 0 Å². The van der Waals surface area contributed by atoms with Crippen LogP contribution >= 0.6 is 12.6 Å². The van der Waals surface area contributed by atoms with Crippen LogP contribution in [0.3, 0.4) is 0 Å². The lowest BCUT2D eigenvalue weighted by molar-refractivity contribution is -0.150. The first kappa shape index (κ1) is 21.8. The van der Waals surface area contributed by atoms with Crippen LogP contribution in [0.4, 0.5) is 0 Å². The number of hydrogen-bond donors (Lipinski definition) is 2. The maximum atomic E-state index is 12.1. The topological polar surface area (TPSA) is 37.3 Å². The van der Waals surface area contributed by atoms with E-state index in [0.29, 0.717) is 17.6 Å². The molecule has 0 aliphatic heterocycles. The predicted molar refractivity (Wildman–Crippen MR) is 99.8 cm³/mol. The number of rotatable bonds is 14. The molecule has 0 spiro atoms. The second-order valence-corrected chi connectivity index (χ2v) is 7.30. The van der Waals surface area contributed by atoms with Gasteiger partial charge in [0.05, 0.1) is 5.41 Å². The first-order valence-electron chi connectivity index (χ1n) is 9.33. The molecule has 0 aromatic rings. The van der Waals surface area contributed by atoms with Gasteiger partial charge in [0.25, 0.3) is 0 Å². The summed E-state index contributed by atoms with van der Waals surface area (Å²) in [5, 5.41) is 9.91. The molecule has 0 radical (unpaired) electrons. The molecule has 0 amide bonds. The smallest absolute Gasteiger partial charge is 0.310 e. The molecule has 2 unspecified atom stereocenters. The SMILES string of the molecule is CCCCC(CC)CC(CS)(CC(CC)CCCC)C(=O)O. The van der Waals surface area contributed by atoms with Gasteiger partial charge in [0.15, 0.2) is 0 Å². The lowest BCUT2D eigenvalue weighted by Gasteiger charge is -2.34. The van der Waals surface area contributed by atoms with Gasteiger partial charge in [-0.05, 0) is 24.7 Å². The van der Waals surface area contributed by atoms with E-state index in [0.717, 1.165) is 38.5 Å². The number of hydrogen-bond acceptors (Lipinski definition) is 2. The molecule has 0 aromatic heterocycles. The van der Waals surface area contributed by atoms with Crippen LogP contribution in [0.1, 0.15) is 91.9 Å². The first-order chi connectivity index (χ1) is 10.5. The summed E-state index contributed by atoms with van der Waals surface area (Å²) in [4.78, 5) is 12.1. The summed E-state index contributed by atoms with van der Waals surface area (Å²) < 4.78 is 0. The van der Waals surface area contributed by atoms with Crippen molar-refractivity contribution in [2.24, 2.45) is 17.3 Å². The van der Waals surface area contributed by atoms with Gasteiger partial charge < -0.3 is 5.11 Å². The van der Waals surface area contributed by atoms with Crippen molar-refractivity contribution < 1.29 is 9.90 Å². The molecule has 0 aliphatic rings. The third-order valence-corrected chi connectivity index (χ3v) is 5.81. The van der Waals surface area contributed by atoms with Gasteiger partial charge in [-0.2, -0.15) is 12.6 Å². The molecule has 2 nitrogen and oxygen atoms in total. The Labute approximate surface area is 143 Å². The standard InChI is InChI=1S/C19H38O2S/c1-5-9-11-16(7-3)13-19(15-22,18(20)21)14-17(8-4)12-10-6-2/h16-17,22H,5-15H2,1-4H3,(H,20,21). The van der Waals surface area contributed by atoms with Crippen LogP contribution in [0.2, 0.25) is 0 Å². The van der Waals surface area contributed by atoms with E-state index >= 15 is 0 Å². The summed E-state index contributed by atoms with van der Waals surface area (Å²) in [5.41, 5.74) is -0.633. The molecule has 0 fully saturated rings. The highest BCUT2D eigenvalue weighted by Crippen LogP contribution is 2.40. The third-order valence-electron chi connectivity index (χ3n) is 5.20. The van der Waals surface area contributed by atoms with Gasteiger partial charge in [-0.25, -0.2) is 0 Å². The summed E-state index contributed by atoms with van der Waals surface area (Å²) in [7, 11) is 0. The maximum Gasteiger partial charge on any atom is 0.310 e. The predicted octanol–water partition coefficient (Wildman–Crippen LogP) is 6.20. The molecule has 3 heteroatoms. The van der Waals surface area contributed by atoms with Crippen LogP contribution in [0, 0.1) is 17.3 Å². The molecule has 0 saturated heterocycles. The Bertz CT molecular complexity index is 273. The zero-order chi connectivity index (χ0) is 17.0. The fourth-order valence-corrected chi connectivity index (χ4v) is 3.84. The highest BCUT2D eigenvalue weighted by Gasteiger charge is 2.40. The minimum Gasteiger partial charge on any atom is -0.481 e. The average molecular weight is 331 g/mol. The fraction of sp³-hybridized carbons (Fsp3) is 0.947. The molecule has 0 aromatic carbocycles. The van der Waals surface area contributed by atoms with Crippen LogP contribution in [0.15, 0.2) is 0 Å². The number of unbranched alkanes of at least 4 members (excludes halogenated alkanes) is 2. The van der Waals surface area contributed by atoms with E-state index in [1.807, 2.05) is 0 Å². The Morgan fingerprint density at radius 1 is 0.955 bits per heavy atom. The molecule has 0 bridgehead atoms. The van der Waals surface area contributed by atoms with Crippen molar-refractivity contribution in [3.63, 3.8) is 0 Å². The van der Waals surface area contributed by atoms with Crippen LogP contribution in [-0.4, -0.2) is 16.8 Å². The molecule has 0 aliphatic carbocycles. The second-order valence-electron chi connectivity index (χ2n) is 6.98. The molecule has 0 rings (SSSR count). The first-order valence-corrected chi connectivity index (χ1v) is 9.96. The zero-order valence-electron chi connectivity index (χ0n) is 15.2. The monoisotopic (exact) mass is 330 g/mol. The van der Waals surface area contributed by atoms with Gasteiger partial charge >= 0.3 is 5.97 Å². The molecule has 0 saturated carbocycles. The molecule has 132 valence electrons. The Balaban J connectivity index is 4.99. The van der Waals surface area contributed by atoms with E-state index < -0.39 is 11.4 Å². The van der Waals surface area contributed by atoms with Crippen LogP contribution in [0.5, 0.6) is 0 Å². The Morgan fingerprint density at radius 3 is 1.59 bits per heavy atom. The van der Waals surface area contributed by atoms with Crippen molar-refractivity contribution in [1.82, 2.24) is 0 Å². The van der Waals surface area contributed by atoms with E-state index in [9.17, 15) is 9.90 Å². The molecular weight excluding hydrogens is 292 g/mol. The van der Waals surface area contributed by atoms with Gasteiger partial charge in [0.2, 0.25) is 0 Å². The molecular formula is C19H38O2S. The number of carbonyl (C=O) groups is 1. The summed E-state index contributed by atoms with van der Waals surface area (Å²) in [6, 6.07) is 0. The summed E-state index contributed by atoms with van der Waals surface area (Å²) in [6.07, 6.45) is 10.8. The van der Waals surface area contributed by atoms with Gasteiger partial charge in [-0.15, -0.1) is 0 Å². The van der Waals surface area contributed by atoms with Crippen molar-refractivity contribution in [2.75, 3.05) is 5.75 Å². The minimum absolute atomic E-state index is 0.466. The average Bonchev–Trinajstić information content (AvgIpc) is 2.53. The van der Waals surface area contributed by atoms with Crippen LogP contribution in [0.25, 0.3) is 0 Å². The fourth-order valence-electron chi connectivity index (χ4n) is 3.45. The zero-order valence-corrected chi connectivity index (χ0v) is 16.1. The lowest BCUT2D eigenvalue weighted by atomic mass is 9.71. The van der Waals surface area contributed by atoms with E-state index in [2.05, 4.69) is 40.3 Å². The van der Waals surface area contributed by atoms with E-state index in [4.69, 9.17) is 0 Å². The molecule has 22 heavy (non-hydrogen) atoms. The highest BCUT2D eigenvalue weighted by atomic mass is 32.1. The van der Waals surface area contributed by atoms with Crippen molar-refractivity contribution in [2.45, 2.75) is 91.9 Å². The van der Waals surface area contributed by atoms with Gasteiger partial charge in [0, 0.05) is 5.75 Å². The largest absolute Gasteiger partial charge is 0.481 e. The van der Waals surface area contributed by atoms with E-state index in [1.54, 1.807) is 0 Å². The summed E-state index contributed by atoms with van der Waals surface area (Å²) in [6.45, 7) is 8.79. The number of carboxylic acid groups (broad SMARTS) is 1. The minimum atomic E-state index is -0.633. The van der Waals surface area contributed by atoms with Gasteiger partial charge in [-0.1, -0.05) is 79.1 Å². The second kappa shape index (κ2) is 12.3. The van der Waals surface area contributed by atoms with Crippen molar-refractivity contribution in [3.8, 4) is 0 Å². The number of thiol groups is 1. The highest BCUT2D eigenvalue weighted by molar-refractivity contribution is 7.80. The maximum absolute atomic E-state index is 12.1. The summed E-state index contributed by atoms with van der Waals surface area (Å²) in [5.74, 6) is 0.874. The summed E-state index contributed by atoms with van der Waals surface area (Å²) >= 11 is 4.47. The number of carboxylic acids is 1. The third kappa shape index (κ3) is 7.39. The lowest BCUT2D eigenvalue weighted by Crippen LogP contribution is -2.37. The van der Waals surface area contributed by atoms with Crippen molar-refractivity contribution in [1.29, 1.82) is 0 Å². The Hall–Kier alpha value is -0.180. The normalized spacial score (nSPS) is 17.0. The van der Waals surface area contributed by atoms with Gasteiger partial charge in [-0.3, -0.25) is 4.79 Å². The quantitative estimate of drug-likeness (QED) is 0.372. The molecule has 0 heterocycles.